The number of carbonyl (C=O) groups is 1. The van der Waals surface area contributed by atoms with Gasteiger partial charge in [-0.25, -0.2) is 4.79 Å². The molecule has 23 heavy (non-hydrogen) atoms. The number of carbonyl (C=O) groups excluding carboxylic acids is 1. The van der Waals surface area contributed by atoms with Crippen molar-refractivity contribution in [3.05, 3.63) is 53.6 Å². The molecule has 5 nitrogen and oxygen atoms in total. The third-order valence-electron chi connectivity index (χ3n) is 3.02. The predicted octanol–water partition coefficient (Wildman–Crippen LogP) is 3.94. The van der Waals surface area contributed by atoms with Gasteiger partial charge in [0.1, 0.15) is 18.1 Å². The zero-order chi connectivity index (χ0) is 16.7. The SMILES string of the molecule is COc1ccc(OC[C@H](C)NC(=O)Nc2cccc(Cl)c2)cc1. The Kier molecular flexibility index (Phi) is 6.11. The number of methoxy groups -OCH3 is 1. The summed E-state index contributed by atoms with van der Waals surface area (Å²) in [6.45, 7) is 2.22. The molecular formula is C17H19ClN2O3. The molecule has 0 radical (unpaired) electrons. The van der Waals surface area contributed by atoms with Gasteiger partial charge in [-0.3, -0.25) is 0 Å². The molecule has 0 saturated carbocycles. The Bertz CT molecular complexity index is 647. The highest BCUT2D eigenvalue weighted by Gasteiger charge is 2.08. The highest BCUT2D eigenvalue weighted by atomic mass is 35.5. The van der Waals surface area contributed by atoms with Crippen LogP contribution >= 0.6 is 11.6 Å². The van der Waals surface area contributed by atoms with E-state index in [9.17, 15) is 4.79 Å². The zero-order valence-corrected chi connectivity index (χ0v) is 13.8. The molecule has 2 aromatic carbocycles. The maximum atomic E-state index is 11.9. The normalized spacial score (nSPS) is 11.4. The van der Waals surface area contributed by atoms with Crippen LogP contribution in [0.15, 0.2) is 48.5 Å². The summed E-state index contributed by atoms with van der Waals surface area (Å²) in [7, 11) is 1.61. The predicted molar refractivity (Wildman–Crippen MR) is 91.6 cm³/mol. The van der Waals surface area contributed by atoms with Crippen molar-refractivity contribution in [3.63, 3.8) is 0 Å². The Labute approximate surface area is 140 Å². The minimum Gasteiger partial charge on any atom is -0.497 e. The lowest BCUT2D eigenvalue weighted by Gasteiger charge is -2.16. The molecule has 0 aliphatic rings. The van der Waals surface area contributed by atoms with Gasteiger partial charge in [0, 0.05) is 10.7 Å². The number of halogens is 1. The second-order valence-electron chi connectivity index (χ2n) is 5.00. The summed E-state index contributed by atoms with van der Waals surface area (Å²) in [5.74, 6) is 1.49. The van der Waals surface area contributed by atoms with E-state index in [0.29, 0.717) is 17.3 Å². The van der Waals surface area contributed by atoms with Gasteiger partial charge in [0.25, 0.3) is 0 Å². The molecule has 0 spiro atoms. The second-order valence-corrected chi connectivity index (χ2v) is 5.43. The average molecular weight is 335 g/mol. The van der Waals surface area contributed by atoms with E-state index in [4.69, 9.17) is 21.1 Å². The van der Waals surface area contributed by atoms with Crippen LogP contribution in [0.25, 0.3) is 0 Å². The van der Waals surface area contributed by atoms with Crippen LogP contribution in [0.2, 0.25) is 5.02 Å². The van der Waals surface area contributed by atoms with Crippen molar-refractivity contribution in [1.82, 2.24) is 5.32 Å². The van der Waals surface area contributed by atoms with Crippen molar-refractivity contribution in [2.24, 2.45) is 0 Å². The quantitative estimate of drug-likeness (QED) is 0.841. The van der Waals surface area contributed by atoms with Crippen molar-refractivity contribution >= 4 is 23.3 Å². The van der Waals surface area contributed by atoms with Gasteiger partial charge in [-0.1, -0.05) is 17.7 Å². The van der Waals surface area contributed by atoms with Gasteiger partial charge < -0.3 is 20.1 Å². The first-order valence-electron chi connectivity index (χ1n) is 7.17. The molecule has 0 heterocycles. The molecule has 2 N–H and O–H groups in total. The topological polar surface area (TPSA) is 59.6 Å². The Morgan fingerprint density at radius 2 is 1.87 bits per heavy atom. The highest BCUT2D eigenvalue weighted by Crippen LogP contribution is 2.17. The average Bonchev–Trinajstić information content (AvgIpc) is 2.53. The minimum atomic E-state index is -0.307. The molecule has 0 unspecified atom stereocenters. The third-order valence-corrected chi connectivity index (χ3v) is 3.25. The number of urea groups is 1. The Morgan fingerprint density at radius 3 is 2.52 bits per heavy atom. The van der Waals surface area contributed by atoms with Gasteiger partial charge in [-0.2, -0.15) is 0 Å². The van der Waals surface area contributed by atoms with E-state index in [1.165, 1.54) is 0 Å². The number of anilines is 1. The number of benzene rings is 2. The maximum Gasteiger partial charge on any atom is 0.319 e. The number of nitrogens with one attached hydrogen (secondary N) is 2. The summed E-state index contributed by atoms with van der Waals surface area (Å²) < 4.78 is 10.7. The molecule has 122 valence electrons. The van der Waals surface area contributed by atoms with Gasteiger partial charge in [0.2, 0.25) is 0 Å². The lowest BCUT2D eigenvalue weighted by atomic mass is 10.3. The first kappa shape index (κ1) is 17.0. The molecule has 6 heteroatoms. The first-order chi connectivity index (χ1) is 11.1. The highest BCUT2D eigenvalue weighted by molar-refractivity contribution is 6.30. The minimum absolute atomic E-state index is 0.156. The molecule has 0 aliphatic carbocycles. The van der Waals surface area contributed by atoms with E-state index in [1.807, 2.05) is 31.2 Å². The molecule has 2 aromatic rings. The van der Waals surface area contributed by atoms with Gasteiger partial charge >= 0.3 is 6.03 Å². The molecule has 2 amide bonds. The van der Waals surface area contributed by atoms with Crippen molar-refractivity contribution in [3.8, 4) is 11.5 Å². The van der Waals surface area contributed by atoms with E-state index >= 15 is 0 Å². The van der Waals surface area contributed by atoms with Crippen molar-refractivity contribution in [2.75, 3.05) is 19.0 Å². The standard InChI is InChI=1S/C17H19ClN2O3/c1-12(11-23-16-8-6-15(22-2)7-9-16)19-17(21)20-14-5-3-4-13(18)10-14/h3-10,12H,11H2,1-2H3,(H2,19,20,21)/t12-/m0/s1. The van der Waals surface area contributed by atoms with Crippen LogP contribution in [0.3, 0.4) is 0 Å². The van der Waals surface area contributed by atoms with E-state index < -0.39 is 0 Å². The largest absolute Gasteiger partial charge is 0.497 e. The van der Waals surface area contributed by atoms with E-state index in [1.54, 1.807) is 31.4 Å². The molecule has 0 fully saturated rings. The van der Waals surface area contributed by atoms with Gasteiger partial charge in [-0.05, 0) is 49.4 Å². The first-order valence-corrected chi connectivity index (χ1v) is 7.54. The molecular weight excluding hydrogens is 316 g/mol. The molecule has 2 rings (SSSR count). The van der Waals surface area contributed by atoms with Crippen LogP contribution in [0.5, 0.6) is 11.5 Å². The van der Waals surface area contributed by atoms with Crippen molar-refractivity contribution in [2.45, 2.75) is 13.0 Å². The lowest BCUT2D eigenvalue weighted by molar-refractivity contribution is 0.236. The van der Waals surface area contributed by atoms with Crippen LogP contribution in [-0.2, 0) is 0 Å². The van der Waals surface area contributed by atoms with E-state index in [-0.39, 0.29) is 12.1 Å². The number of hydrogen-bond donors (Lipinski definition) is 2. The van der Waals surface area contributed by atoms with E-state index in [0.717, 1.165) is 11.5 Å². The molecule has 0 saturated heterocycles. The number of amides is 2. The Hall–Kier alpha value is -2.40. The summed E-state index contributed by atoms with van der Waals surface area (Å²) in [5, 5.41) is 6.09. The summed E-state index contributed by atoms with van der Waals surface area (Å²) in [6, 6.07) is 13.8. The monoisotopic (exact) mass is 334 g/mol. The van der Waals surface area contributed by atoms with Gasteiger partial charge in [0.05, 0.1) is 13.2 Å². The summed E-state index contributed by atoms with van der Waals surface area (Å²) >= 11 is 5.87. The molecule has 1 atom stereocenters. The molecule has 0 aromatic heterocycles. The second kappa shape index (κ2) is 8.29. The van der Waals surface area contributed by atoms with Crippen molar-refractivity contribution in [1.29, 1.82) is 0 Å². The Morgan fingerprint density at radius 1 is 1.17 bits per heavy atom. The molecule has 0 aliphatic heterocycles. The van der Waals surface area contributed by atoms with Crippen molar-refractivity contribution < 1.29 is 14.3 Å². The van der Waals surface area contributed by atoms with Crippen LogP contribution < -0.4 is 20.1 Å². The van der Waals surface area contributed by atoms with Crippen LogP contribution in [0.4, 0.5) is 10.5 Å². The summed E-state index contributed by atoms with van der Waals surface area (Å²) in [5.41, 5.74) is 0.637. The van der Waals surface area contributed by atoms with Crippen LogP contribution in [-0.4, -0.2) is 25.8 Å². The fourth-order valence-electron chi connectivity index (χ4n) is 1.89. The maximum absolute atomic E-state index is 11.9. The molecule has 0 bridgehead atoms. The van der Waals surface area contributed by atoms with E-state index in [2.05, 4.69) is 10.6 Å². The number of rotatable bonds is 6. The van der Waals surface area contributed by atoms with Gasteiger partial charge in [-0.15, -0.1) is 0 Å². The van der Waals surface area contributed by atoms with Crippen LogP contribution in [0.1, 0.15) is 6.92 Å². The fraction of sp³-hybridized carbons (Fsp3) is 0.235. The smallest absolute Gasteiger partial charge is 0.319 e. The lowest BCUT2D eigenvalue weighted by Crippen LogP contribution is -2.39. The summed E-state index contributed by atoms with van der Waals surface area (Å²) in [6.07, 6.45) is 0. The Balaban J connectivity index is 1.77. The third kappa shape index (κ3) is 5.71. The van der Waals surface area contributed by atoms with Crippen LogP contribution in [0, 0.1) is 0 Å². The zero-order valence-electron chi connectivity index (χ0n) is 13.0. The van der Waals surface area contributed by atoms with Gasteiger partial charge in [0.15, 0.2) is 0 Å². The summed E-state index contributed by atoms with van der Waals surface area (Å²) in [4.78, 5) is 11.9. The number of ether oxygens (including phenoxy) is 2. The number of hydrogen-bond acceptors (Lipinski definition) is 3. The fourth-order valence-corrected chi connectivity index (χ4v) is 2.08.